The molecule has 1 fully saturated rings. The molecule has 8 heteroatoms. The lowest BCUT2D eigenvalue weighted by molar-refractivity contribution is 0.157. The minimum absolute atomic E-state index is 0.140. The van der Waals surface area contributed by atoms with Gasteiger partial charge >= 0.3 is 6.03 Å². The molecule has 0 spiro atoms. The number of piperazine rings is 1. The van der Waals surface area contributed by atoms with Crippen LogP contribution in [0, 0.1) is 0 Å². The highest BCUT2D eigenvalue weighted by Crippen LogP contribution is 2.28. The fourth-order valence-electron chi connectivity index (χ4n) is 3.16. The summed E-state index contributed by atoms with van der Waals surface area (Å²) in [6.45, 7) is 2.66. The summed E-state index contributed by atoms with van der Waals surface area (Å²) in [4.78, 5) is 14.2. The summed E-state index contributed by atoms with van der Waals surface area (Å²) in [7, 11) is -2.26. The third-order valence-corrected chi connectivity index (χ3v) is 6.59. The lowest BCUT2D eigenvalue weighted by atomic mass is 10.2. The first-order chi connectivity index (χ1) is 12.9. The number of amides is 2. The van der Waals surface area contributed by atoms with Crippen LogP contribution in [0.5, 0.6) is 5.75 Å². The molecule has 1 N–H and O–H groups in total. The third-order valence-electron chi connectivity index (χ3n) is 4.53. The number of urea groups is 1. The summed E-state index contributed by atoms with van der Waals surface area (Å²) >= 11 is 0. The maximum atomic E-state index is 13.1. The van der Waals surface area contributed by atoms with Gasteiger partial charge in [-0.3, -0.25) is 0 Å². The molecule has 0 aromatic heterocycles. The van der Waals surface area contributed by atoms with Gasteiger partial charge in [-0.2, -0.15) is 4.31 Å². The van der Waals surface area contributed by atoms with Gasteiger partial charge in [-0.05, 0) is 31.2 Å². The Morgan fingerprint density at radius 2 is 1.74 bits per heavy atom. The van der Waals surface area contributed by atoms with E-state index in [0.29, 0.717) is 24.5 Å². The summed E-state index contributed by atoms with van der Waals surface area (Å²) in [5.41, 5.74) is 0.708. The average Bonchev–Trinajstić information content (AvgIpc) is 2.68. The largest absolute Gasteiger partial charge is 0.495 e. The number of sulfonamides is 1. The summed E-state index contributed by atoms with van der Waals surface area (Å²) < 4.78 is 32.8. The molecule has 0 aliphatic carbocycles. The number of nitrogens with zero attached hydrogens (tertiary/aromatic N) is 2. The Balaban J connectivity index is 1.72. The highest BCUT2D eigenvalue weighted by atomic mass is 32.2. The monoisotopic (exact) mass is 389 g/mol. The Morgan fingerprint density at radius 1 is 1.07 bits per heavy atom. The Hall–Kier alpha value is -2.58. The smallest absolute Gasteiger partial charge is 0.321 e. The molecule has 7 nitrogen and oxygen atoms in total. The van der Waals surface area contributed by atoms with Crippen molar-refractivity contribution in [2.45, 2.75) is 17.9 Å². The molecule has 2 amide bonds. The highest BCUT2D eigenvalue weighted by Gasteiger charge is 2.36. The number of hydrogen-bond acceptors (Lipinski definition) is 4. The molecule has 0 radical (unpaired) electrons. The Kier molecular flexibility index (Phi) is 5.67. The van der Waals surface area contributed by atoms with Crippen molar-refractivity contribution < 1.29 is 17.9 Å². The molecular formula is C19H23N3O4S. The quantitative estimate of drug-likeness (QED) is 0.872. The number of para-hydroxylation sites is 2. The normalized spacial score (nSPS) is 18.1. The predicted molar refractivity (Wildman–Crippen MR) is 103 cm³/mol. The fraction of sp³-hybridized carbons (Fsp3) is 0.316. The molecule has 0 unspecified atom stereocenters. The predicted octanol–water partition coefficient (Wildman–Crippen LogP) is 2.62. The molecule has 3 rings (SSSR count). The van der Waals surface area contributed by atoms with Crippen LogP contribution in [0.3, 0.4) is 0 Å². The maximum absolute atomic E-state index is 13.1. The number of carbonyl (C=O) groups excluding carboxylic acids is 1. The lowest BCUT2D eigenvalue weighted by Crippen LogP contribution is -2.56. The second kappa shape index (κ2) is 7.98. The number of carbonyl (C=O) groups is 1. The molecule has 0 saturated carbocycles. The van der Waals surface area contributed by atoms with E-state index in [9.17, 15) is 13.2 Å². The van der Waals surface area contributed by atoms with E-state index >= 15 is 0 Å². The standard InChI is InChI=1S/C19H23N3O4S/c1-15-14-21(19(23)20-16-8-4-3-5-9-16)12-13-22(15)27(24,25)18-11-7-6-10-17(18)26-2/h3-11,15H,12-14H2,1-2H3,(H,20,23)/t15-/m0/s1. The van der Waals surface area contributed by atoms with Gasteiger partial charge in [0.15, 0.2) is 0 Å². The Morgan fingerprint density at radius 3 is 2.41 bits per heavy atom. The van der Waals surface area contributed by atoms with Gasteiger partial charge < -0.3 is 15.0 Å². The number of ether oxygens (including phenoxy) is 1. The van der Waals surface area contributed by atoms with Crippen molar-refractivity contribution in [3.05, 3.63) is 54.6 Å². The zero-order chi connectivity index (χ0) is 19.4. The molecule has 0 bridgehead atoms. The van der Waals surface area contributed by atoms with Crippen LogP contribution in [0.15, 0.2) is 59.5 Å². The summed E-state index contributed by atoms with van der Waals surface area (Å²) in [5, 5.41) is 2.83. The van der Waals surface area contributed by atoms with E-state index in [-0.39, 0.29) is 23.5 Å². The first kappa shape index (κ1) is 19.2. The van der Waals surface area contributed by atoms with Crippen molar-refractivity contribution in [1.29, 1.82) is 0 Å². The summed E-state index contributed by atoms with van der Waals surface area (Å²) in [6, 6.07) is 15.2. The van der Waals surface area contributed by atoms with Crippen molar-refractivity contribution in [3.8, 4) is 5.75 Å². The second-order valence-electron chi connectivity index (χ2n) is 6.36. The van der Waals surface area contributed by atoms with Gasteiger partial charge in [0.1, 0.15) is 10.6 Å². The van der Waals surface area contributed by atoms with Gasteiger partial charge in [0.05, 0.1) is 7.11 Å². The number of methoxy groups -OCH3 is 1. The van der Waals surface area contributed by atoms with Crippen molar-refractivity contribution in [2.24, 2.45) is 0 Å². The number of anilines is 1. The van der Waals surface area contributed by atoms with E-state index in [0.717, 1.165) is 0 Å². The number of nitrogens with one attached hydrogen (secondary N) is 1. The van der Waals surface area contributed by atoms with E-state index in [1.165, 1.54) is 17.5 Å². The van der Waals surface area contributed by atoms with Gasteiger partial charge in [0, 0.05) is 31.4 Å². The van der Waals surface area contributed by atoms with Crippen molar-refractivity contribution in [3.63, 3.8) is 0 Å². The molecule has 144 valence electrons. The maximum Gasteiger partial charge on any atom is 0.321 e. The van der Waals surface area contributed by atoms with Gasteiger partial charge in [-0.25, -0.2) is 13.2 Å². The molecule has 1 aliphatic heterocycles. The van der Waals surface area contributed by atoms with Gasteiger partial charge in [0.2, 0.25) is 10.0 Å². The van der Waals surface area contributed by atoms with Crippen LogP contribution in [0.1, 0.15) is 6.92 Å². The van der Waals surface area contributed by atoms with Crippen LogP contribution in [-0.2, 0) is 10.0 Å². The van der Waals surface area contributed by atoms with Crippen LogP contribution in [0.4, 0.5) is 10.5 Å². The molecule has 1 atom stereocenters. The molecular weight excluding hydrogens is 366 g/mol. The van der Waals surface area contributed by atoms with Crippen molar-refractivity contribution in [2.75, 3.05) is 32.1 Å². The molecule has 27 heavy (non-hydrogen) atoms. The molecule has 2 aromatic rings. The third kappa shape index (κ3) is 4.06. The van der Waals surface area contributed by atoms with E-state index < -0.39 is 10.0 Å². The number of benzene rings is 2. The van der Waals surface area contributed by atoms with E-state index in [2.05, 4.69) is 5.32 Å². The summed E-state index contributed by atoms with van der Waals surface area (Å²) in [5.74, 6) is 0.314. The highest BCUT2D eigenvalue weighted by molar-refractivity contribution is 7.89. The fourth-order valence-corrected chi connectivity index (χ4v) is 4.94. The summed E-state index contributed by atoms with van der Waals surface area (Å²) in [6.07, 6.45) is 0. The van der Waals surface area contributed by atoms with Crippen LogP contribution in [0.2, 0.25) is 0 Å². The number of hydrogen-bond donors (Lipinski definition) is 1. The Bertz CT molecular complexity index is 902. The van der Waals surface area contributed by atoms with Gasteiger partial charge in [-0.1, -0.05) is 30.3 Å². The average molecular weight is 389 g/mol. The van der Waals surface area contributed by atoms with Crippen LogP contribution in [-0.4, -0.2) is 56.4 Å². The van der Waals surface area contributed by atoms with Crippen molar-refractivity contribution >= 4 is 21.7 Å². The molecule has 2 aromatic carbocycles. The molecule has 1 aliphatic rings. The van der Waals surface area contributed by atoms with E-state index in [1.54, 1.807) is 30.0 Å². The Labute approximate surface area is 159 Å². The van der Waals surface area contributed by atoms with E-state index in [4.69, 9.17) is 4.74 Å². The first-order valence-electron chi connectivity index (χ1n) is 8.69. The SMILES string of the molecule is COc1ccccc1S(=O)(=O)N1CCN(C(=O)Nc2ccccc2)C[C@@H]1C. The van der Waals surface area contributed by atoms with Crippen molar-refractivity contribution in [1.82, 2.24) is 9.21 Å². The minimum Gasteiger partial charge on any atom is -0.495 e. The minimum atomic E-state index is -3.71. The zero-order valence-corrected chi connectivity index (χ0v) is 16.1. The zero-order valence-electron chi connectivity index (χ0n) is 15.3. The lowest BCUT2D eigenvalue weighted by Gasteiger charge is -2.38. The van der Waals surface area contributed by atoms with Crippen LogP contribution in [0.25, 0.3) is 0 Å². The van der Waals surface area contributed by atoms with Gasteiger partial charge in [0.25, 0.3) is 0 Å². The number of rotatable bonds is 4. The molecule has 1 saturated heterocycles. The van der Waals surface area contributed by atoms with Crippen LogP contribution < -0.4 is 10.1 Å². The second-order valence-corrected chi connectivity index (χ2v) is 8.22. The first-order valence-corrected chi connectivity index (χ1v) is 10.1. The van der Waals surface area contributed by atoms with Crippen LogP contribution >= 0.6 is 0 Å². The molecule has 1 heterocycles. The topological polar surface area (TPSA) is 79.0 Å². The van der Waals surface area contributed by atoms with Gasteiger partial charge in [-0.15, -0.1) is 0 Å². The van der Waals surface area contributed by atoms with E-state index in [1.807, 2.05) is 30.3 Å².